The highest BCUT2D eigenvalue weighted by atomic mass is 16.6. The van der Waals surface area contributed by atoms with Crippen LogP contribution in [0.5, 0.6) is 23.0 Å². The first kappa shape index (κ1) is 27.1. The lowest BCUT2D eigenvalue weighted by molar-refractivity contribution is 0.0695. The number of carbonyl (C=O) groups excluding carboxylic acids is 2. The summed E-state index contributed by atoms with van der Waals surface area (Å²) in [5.41, 5.74) is 5.59. The number of nitrogens with one attached hydrogen (secondary N) is 2. The van der Waals surface area contributed by atoms with Gasteiger partial charge in [0, 0.05) is 5.56 Å². The van der Waals surface area contributed by atoms with Gasteiger partial charge in [-0.2, -0.15) is 5.10 Å². The van der Waals surface area contributed by atoms with Gasteiger partial charge in [0.1, 0.15) is 17.2 Å². The molecule has 10 heteroatoms. The van der Waals surface area contributed by atoms with Crippen molar-refractivity contribution in [2.75, 3.05) is 20.8 Å². The van der Waals surface area contributed by atoms with Gasteiger partial charge in [0.05, 0.1) is 44.2 Å². The van der Waals surface area contributed by atoms with Crippen molar-refractivity contribution < 1.29 is 33.0 Å². The maximum atomic E-state index is 13.4. The van der Waals surface area contributed by atoms with E-state index < -0.39 is 11.9 Å². The van der Waals surface area contributed by atoms with Crippen LogP contribution in [0.25, 0.3) is 22.0 Å². The van der Waals surface area contributed by atoms with Crippen molar-refractivity contribution in [3.8, 4) is 34.1 Å². The van der Waals surface area contributed by atoms with Crippen LogP contribution in [0.15, 0.2) is 88.6 Å². The Hall–Kier alpha value is -5.51. The lowest BCUT2D eigenvalue weighted by Gasteiger charge is -2.10. The molecule has 41 heavy (non-hydrogen) atoms. The SMILES string of the molecule is CCOc1cc(C=NNC(=O)c2[nH]c3c(OC)ccc(OC)c3c2-c2ccccc2)ccc1OC(=O)c1ccco1. The molecule has 0 aliphatic heterocycles. The fourth-order valence-corrected chi connectivity index (χ4v) is 4.38. The summed E-state index contributed by atoms with van der Waals surface area (Å²) in [6.07, 6.45) is 2.85. The van der Waals surface area contributed by atoms with Crippen molar-refractivity contribution in [2.45, 2.75) is 6.92 Å². The van der Waals surface area contributed by atoms with E-state index in [1.54, 1.807) is 50.6 Å². The van der Waals surface area contributed by atoms with Gasteiger partial charge >= 0.3 is 5.97 Å². The van der Waals surface area contributed by atoms with Crippen LogP contribution < -0.4 is 24.4 Å². The molecule has 0 fully saturated rings. The minimum absolute atomic E-state index is 0.0721. The number of aromatic nitrogens is 1. The Kier molecular flexibility index (Phi) is 8.00. The maximum Gasteiger partial charge on any atom is 0.379 e. The van der Waals surface area contributed by atoms with Crippen LogP contribution in [0.3, 0.4) is 0 Å². The molecule has 5 aromatic rings. The first-order valence-corrected chi connectivity index (χ1v) is 12.7. The number of hydrazone groups is 1. The summed E-state index contributed by atoms with van der Waals surface area (Å²) in [4.78, 5) is 28.9. The number of carbonyl (C=O) groups is 2. The third-order valence-electron chi connectivity index (χ3n) is 6.18. The lowest BCUT2D eigenvalue weighted by atomic mass is 10.0. The molecule has 1 amide bonds. The van der Waals surface area contributed by atoms with E-state index in [1.165, 1.54) is 18.5 Å². The number of rotatable bonds is 10. The predicted molar refractivity (Wildman–Crippen MR) is 153 cm³/mol. The third-order valence-corrected chi connectivity index (χ3v) is 6.18. The highest BCUT2D eigenvalue weighted by Gasteiger charge is 2.24. The standard InChI is InChI=1S/C31H27N3O7/c1-4-39-25-17-19(12-13-21(25)41-31(36)24-11-8-16-40-24)18-32-34-30(35)29-26(20-9-6-5-7-10-20)27-22(37-2)14-15-23(38-3)28(27)33-29/h5-18,33H,4H2,1-3H3,(H,34,35). The van der Waals surface area contributed by atoms with Gasteiger partial charge in [0.2, 0.25) is 5.76 Å². The molecule has 0 radical (unpaired) electrons. The van der Waals surface area contributed by atoms with Crippen LogP contribution >= 0.6 is 0 Å². The number of esters is 1. The number of aromatic amines is 1. The van der Waals surface area contributed by atoms with Gasteiger partial charge in [-0.3, -0.25) is 4.79 Å². The molecule has 0 saturated heterocycles. The average molecular weight is 554 g/mol. The van der Waals surface area contributed by atoms with Gasteiger partial charge in [-0.05, 0) is 60.5 Å². The van der Waals surface area contributed by atoms with E-state index in [2.05, 4.69) is 15.5 Å². The van der Waals surface area contributed by atoms with E-state index in [1.807, 2.05) is 37.3 Å². The number of ether oxygens (including phenoxy) is 4. The Morgan fingerprint density at radius 1 is 0.927 bits per heavy atom. The molecule has 0 aliphatic rings. The highest BCUT2D eigenvalue weighted by molar-refractivity contribution is 6.13. The van der Waals surface area contributed by atoms with Crippen molar-refractivity contribution in [3.63, 3.8) is 0 Å². The van der Waals surface area contributed by atoms with Crippen LogP contribution in [-0.2, 0) is 0 Å². The largest absolute Gasteiger partial charge is 0.496 e. The first-order valence-electron chi connectivity index (χ1n) is 12.7. The molecule has 0 bridgehead atoms. The predicted octanol–water partition coefficient (Wildman–Crippen LogP) is 5.83. The molecule has 208 valence electrons. The summed E-state index contributed by atoms with van der Waals surface area (Å²) < 4.78 is 27.3. The van der Waals surface area contributed by atoms with E-state index in [-0.39, 0.29) is 11.5 Å². The van der Waals surface area contributed by atoms with Crippen LogP contribution in [0, 0.1) is 0 Å². The molecule has 10 nitrogen and oxygen atoms in total. The van der Waals surface area contributed by atoms with Gasteiger partial charge in [0.25, 0.3) is 5.91 Å². The quantitative estimate of drug-likeness (QED) is 0.0965. The fourth-order valence-electron chi connectivity index (χ4n) is 4.38. The molecule has 2 N–H and O–H groups in total. The van der Waals surface area contributed by atoms with E-state index in [0.29, 0.717) is 51.6 Å². The fraction of sp³-hybridized carbons (Fsp3) is 0.129. The number of fused-ring (bicyclic) bond motifs is 1. The van der Waals surface area contributed by atoms with Crippen molar-refractivity contribution in [1.82, 2.24) is 10.4 Å². The van der Waals surface area contributed by atoms with Crippen molar-refractivity contribution in [3.05, 3.63) is 96.1 Å². The molecule has 0 aliphatic carbocycles. The van der Waals surface area contributed by atoms with E-state index >= 15 is 0 Å². The number of benzene rings is 3. The molecule has 0 spiro atoms. The topological polar surface area (TPSA) is 124 Å². The number of hydrogen-bond donors (Lipinski definition) is 2. The zero-order chi connectivity index (χ0) is 28.8. The Labute approximate surface area is 235 Å². The molecular formula is C31H27N3O7. The number of hydrogen-bond acceptors (Lipinski definition) is 8. The van der Waals surface area contributed by atoms with Crippen molar-refractivity contribution in [1.29, 1.82) is 0 Å². The van der Waals surface area contributed by atoms with Gasteiger partial charge in [0.15, 0.2) is 11.5 Å². The summed E-state index contributed by atoms with van der Waals surface area (Å²) >= 11 is 0. The molecule has 0 unspecified atom stereocenters. The zero-order valence-corrected chi connectivity index (χ0v) is 22.6. The Morgan fingerprint density at radius 3 is 2.39 bits per heavy atom. The molecular weight excluding hydrogens is 526 g/mol. The maximum absolute atomic E-state index is 13.4. The summed E-state index contributed by atoms with van der Waals surface area (Å²) in [6, 6.07) is 21.1. The number of nitrogens with zero attached hydrogens (tertiary/aromatic N) is 1. The van der Waals surface area contributed by atoms with E-state index in [0.717, 1.165) is 5.56 Å². The smallest absolute Gasteiger partial charge is 0.379 e. The second-order valence-corrected chi connectivity index (χ2v) is 8.67. The number of amides is 1. The minimum atomic E-state index is -0.648. The Balaban J connectivity index is 1.43. The highest BCUT2D eigenvalue weighted by Crippen LogP contribution is 2.42. The minimum Gasteiger partial charge on any atom is -0.496 e. The zero-order valence-electron chi connectivity index (χ0n) is 22.6. The van der Waals surface area contributed by atoms with Crippen LogP contribution in [-0.4, -0.2) is 43.9 Å². The summed E-state index contributed by atoms with van der Waals surface area (Å²) in [7, 11) is 3.14. The number of furan rings is 1. The van der Waals surface area contributed by atoms with Gasteiger partial charge in [-0.15, -0.1) is 0 Å². The Bertz CT molecular complexity index is 1710. The Morgan fingerprint density at radius 2 is 1.68 bits per heavy atom. The molecule has 5 rings (SSSR count). The lowest BCUT2D eigenvalue weighted by Crippen LogP contribution is -2.19. The monoisotopic (exact) mass is 553 g/mol. The molecule has 2 heterocycles. The molecule has 2 aromatic heterocycles. The summed E-state index contributed by atoms with van der Waals surface area (Å²) in [5, 5.41) is 4.87. The van der Waals surface area contributed by atoms with Crippen LogP contribution in [0.4, 0.5) is 0 Å². The van der Waals surface area contributed by atoms with Crippen LogP contribution in [0.1, 0.15) is 33.5 Å². The van der Waals surface area contributed by atoms with Crippen molar-refractivity contribution >= 4 is 29.0 Å². The summed E-state index contributed by atoms with van der Waals surface area (Å²) in [5.74, 6) is 0.682. The molecule has 0 atom stereocenters. The third kappa shape index (κ3) is 5.62. The molecule has 0 saturated carbocycles. The second-order valence-electron chi connectivity index (χ2n) is 8.67. The normalized spacial score (nSPS) is 11.0. The van der Waals surface area contributed by atoms with Gasteiger partial charge in [-0.1, -0.05) is 30.3 Å². The summed E-state index contributed by atoms with van der Waals surface area (Å²) in [6.45, 7) is 2.16. The van der Waals surface area contributed by atoms with Crippen LogP contribution in [0.2, 0.25) is 0 Å². The van der Waals surface area contributed by atoms with E-state index in [9.17, 15) is 9.59 Å². The van der Waals surface area contributed by atoms with Gasteiger partial charge in [-0.25, -0.2) is 10.2 Å². The molecule has 3 aromatic carbocycles. The second kappa shape index (κ2) is 12.1. The number of methoxy groups -OCH3 is 2. The van der Waals surface area contributed by atoms with E-state index in [4.69, 9.17) is 23.4 Å². The average Bonchev–Trinajstić information content (AvgIpc) is 3.68. The number of H-pyrrole nitrogens is 1. The van der Waals surface area contributed by atoms with Gasteiger partial charge < -0.3 is 28.3 Å². The first-order chi connectivity index (χ1) is 20.0. The van der Waals surface area contributed by atoms with Crippen molar-refractivity contribution in [2.24, 2.45) is 5.10 Å².